The Hall–Kier alpha value is -8.32. The van der Waals surface area contributed by atoms with E-state index >= 15 is 4.79 Å². The van der Waals surface area contributed by atoms with Crippen LogP contribution in [-0.2, 0) is 0 Å². The predicted molar refractivity (Wildman–Crippen MR) is 241 cm³/mol. The van der Waals surface area contributed by atoms with Crippen molar-refractivity contribution in [2.45, 2.75) is 13.8 Å². The van der Waals surface area contributed by atoms with Gasteiger partial charge >= 0.3 is 0 Å². The van der Waals surface area contributed by atoms with Gasteiger partial charge in [0.25, 0.3) is 11.8 Å². The number of aromatic nitrogens is 1. The molecule has 0 aliphatic carbocycles. The number of aryl methyl sites for hydroxylation is 2. The van der Waals surface area contributed by atoms with Crippen LogP contribution >= 0.6 is 0 Å². The minimum atomic E-state index is -0.397. The van der Waals surface area contributed by atoms with Gasteiger partial charge in [0.1, 0.15) is 0 Å². The second kappa shape index (κ2) is 14.3. The standard InChI is InChI=1S/C54H34N4O2/c1-33-27-35(32-55)17-22-42(33)39-18-23-44-45-24-19-40(43-25-21-41(56-3)28-34(43)2)31-51(45)57(50(44)30-39)49-16-10-15-46-52(49)54(60)58(53(46)59)48-26-20-38(36-11-6-4-7-12-36)29-47(48)37-13-8-5-9-14-37/h4-31H,1-2H3. The van der Waals surface area contributed by atoms with E-state index in [1.165, 1.54) is 4.90 Å². The number of fused-ring (bicyclic) bond motifs is 4. The fraction of sp³-hybridized carbons (Fsp3) is 0.0370. The van der Waals surface area contributed by atoms with Crippen LogP contribution in [0, 0.1) is 31.8 Å². The molecule has 0 atom stereocenters. The van der Waals surface area contributed by atoms with E-state index in [4.69, 9.17) is 6.57 Å². The number of imide groups is 1. The van der Waals surface area contributed by atoms with Gasteiger partial charge in [0.15, 0.2) is 5.69 Å². The molecule has 6 heteroatoms. The third-order valence-electron chi connectivity index (χ3n) is 11.6. The Morgan fingerprint density at radius 1 is 0.500 bits per heavy atom. The summed E-state index contributed by atoms with van der Waals surface area (Å²) in [5.41, 5.74) is 14.2. The Kier molecular flexibility index (Phi) is 8.56. The van der Waals surface area contributed by atoms with Crippen LogP contribution in [0.25, 0.3) is 76.8 Å². The van der Waals surface area contributed by atoms with E-state index < -0.39 is 5.91 Å². The van der Waals surface area contributed by atoms with E-state index in [1.54, 1.807) is 6.07 Å². The van der Waals surface area contributed by atoms with Crippen LogP contribution in [0.1, 0.15) is 37.4 Å². The highest BCUT2D eigenvalue weighted by atomic mass is 16.2. The largest absolute Gasteiger partial charge is 0.308 e. The first-order valence-electron chi connectivity index (χ1n) is 19.7. The molecule has 2 heterocycles. The highest BCUT2D eigenvalue weighted by Crippen LogP contribution is 2.43. The molecule has 0 spiro atoms. The van der Waals surface area contributed by atoms with Gasteiger partial charge in [-0.05, 0) is 107 Å². The van der Waals surface area contributed by atoms with E-state index in [0.717, 1.165) is 77.4 Å². The number of nitriles is 1. The number of anilines is 1. The second-order valence-electron chi connectivity index (χ2n) is 15.2. The van der Waals surface area contributed by atoms with Gasteiger partial charge in [-0.2, -0.15) is 5.26 Å². The molecule has 1 aliphatic heterocycles. The van der Waals surface area contributed by atoms with Gasteiger partial charge in [0.2, 0.25) is 0 Å². The predicted octanol–water partition coefficient (Wildman–Crippen LogP) is 13.3. The van der Waals surface area contributed by atoms with Crippen molar-refractivity contribution in [2.24, 2.45) is 0 Å². The molecule has 0 bridgehead atoms. The van der Waals surface area contributed by atoms with Crippen molar-refractivity contribution in [3.05, 3.63) is 209 Å². The second-order valence-corrected chi connectivity index (χ2v) is 15.2. The number of benzene rings is 8. The van der Waals surface area contributed by atoms with Gasteiger partial charge in [-0.1, -0.05) is 127 Å². The van der Waals surface area contributed by atoms with Crippen molar-refractivity contribution < 1.29 is 9.59 Å². The summed E-state index contributed by atoms with van der Waals surface area (Å²) in [5, 5.41) is 11.5. The van der Waals surface area contributed by atoms with Crippen molar-refractivity contribution in [1.29, 1.82) is 5.26 Å². The Morgan fingerprint density at radius 3 is 1.73 bits per heavy atom. The molecule has 10 rings (SSSR count). The van der Waals surface area contributed by atoms with Crippen molar-refractivity contribution in [2.75, 3.05) is 4.90 Å². The molecule has 0 saturated carbocycles. The molecule has 1 aliphatic rings. The maximum atomic E-state index is 15.2. The topological polar surface area (TPSA) is 70.5 Å². The first-order valence-corrected chi connectivity index (χ1v) is 19.7. The summed E-state index contributed by atoms with van der Waals surface area (Å²) in [6.07, 6.45) is 0. The van der Waals surface area contributed by atoms with Crippen molar-refractivity contribution in [1.82, 2.24) is 4.57 Å². The van der Waals surface area contributed by atoms with Crippen LogP contribution in [0.5, 0.6) is 0 Å². The third kappa shape index (κ3) is 5.78. The Labute approximate surface area is 347 Å². The van der Waals surface area contributed by atoms with Crippen molar-refractivity contribution in [3.8, 4) is 56.3 Å². The van der Waals surface area contributed by atoms with Gasteiger partial charge in [-0.25, -0.2) is 9.74 Å². The summed E-state index contributed by atoms with van der Waals surface area (Å²) < 4.78 is 2.11. The minimum Gasteiger partial charge on any atom is -0.308 e. The van der Waals surface area contributed by atoms with Gasteiger partial charge in [-0.3, -0.25) is 9.59 Å². The summed E-state index contributed by atoms with van der Waals surface area (Å²) in [6.45, 7) is 11.5. The number of nitrogens with zero attached hydrogens (tertiary/aromatic N) is 4. The van der Waals surface area contributed by atoms with Gasteiger partial charge in [0, 0.05) is 16.3 Å². The van der Waals surface area contributed by atoms with Crippen LogP contribution in [0.2, 0.25) is 0 Å². The molecule has 0 radical (unpaired) electrons. The molecular weight excluding hydrogens is 737 g/mol. The lowest BCUT2D eigenvalue weighted by atomic mass is 9.97. The third-order valence-corrected chi connectivity index (χ3v) is 11.6. The molecule has 0 N–H and O–H groups in total. The fourth-order valence-electron chi connectivity index (χ4n) is 8.77. The van der Waals surface area contributed by atoms with E-state index in [1.807, 2.05) is 135 Å². The zero-order valence-electron chi connectivity index (χ0n) is 32.8. The minimum absolute atomic E-state index is 0.329. The molecule has 9 aromatic rings. The summed E-state index contributed by atoms with van der Waals surface area (Å²) in [6, 6.07) is 57.7. The Bertz CT molecular complexity index is 3230. The number of carbonyl (C=O) groups is 2. The highest BCUT2D eigenvalue weighted by Gasteiger charge is 2.40. The normalized spacial score (nSPS) is 12.2. The summed E-state index contributed by atoms with van der Waals surface area (Å²) in [5.74, 6) is -0.779. The molecule has 0 fully saturated rings. The Morgan fingerprint density at radius 2 is 1.12 bits per heavy atom. The molecule has 8 aromatic carbocycles. The highest BCUT2D eigenvalue weighted by molar-refractivity contribution is 6.36. The van der Waals surface area contributed by atoms with Crippen LogP contribution in [0.3, 0.4) is 0 Å². The van der Waals surface area contributed by atoms with Gasteiger partial charge in [0.05, 0.1) is 51.7 Å². The molecule has 1 aromatic heterocycles. The number of amides is 2. The molecule has 282 valence electrons. The zero-order valence-corrected chi connectivity index (χ0v) is 32.8. The number of hydrogen-bond acceptors (Lipinski definition) is 3. The maximum absolute atomic E-state index is 15.2. The van der Waals surface area contributed by atoms with Crippen LogP contribution in [-0.4, -0.2) is 16.4 Å². The number of rotatable bonds is 6. The van der Waals surface area contributed by atoms with E-state index in [9.17, 15) is 10.1 Å². The SMILES string of the molecule is [C-]#[N+]c1ccc(-c2ccc3c4ccc(-c5ccc(C#N)cc5C)cc4n(-c4cccc5c4C(=O)N(c4ccc(-c6ccccc6)cc4-c4ccccc4)C5=O)c3c2)c(C)c1. The smallest absolute Gasteiger partial charge is 0.268 e. The van der Waals surface area contributed by atoms with Crippen LogP contribution < -0.4 is 4.90 Å². The molecule has 0 unspecified atom stereocenters. The lowest BCUT2D eigenvalue weighted by Gasteiger charge is -2.20. The molecule has 0 saturated heterocycles. The maximum Gasteiger partial charge on any atom is 0.268 e. The van der Waals surface area contributed by atoms with Gasteiger partial charge < -0.3 is 4.57 Å². The first kappa shape index (κ1) is 36.0. The molecule has 6 nitrogen and oxygen atoms in total. The quantitative estimate of drug-likeness (QED) is 0.125. The number of hydrogen-bond donors (Lipinski definition) is 0. The zero-order chi connectivity index (χ0) is 41.1. The number of carbonyl (C=O) groups excluding carboxylic acids is 2. The molecule has 60 heavy (non-hydrogen) atoms. The summed E-state index contributed by atoms with van der Waals surface area (Å²) >= 11 is 0. The molecular formula is C54H34N4O2. The summed E-state index contributed by atoms with van der Waals surface area (Å²) in [7, 11) is 0. The van der Waals surface area contributed by atoms with Crippen LogP contribution in [0.15, 0.2) is 170 Å². The van der Waals surface area contributed by atoms with Crippen molar-refractivity contribution in [3.63, 3.8) is 0 Å². The lowest BCUT2D eigenvalue weighted by Crippen LogP contribution is -2.30. The van der Waals surface area contributed by atoms with E-state index in [0.29, 0.717) is 33.8 Å². The van der Waals surface area contributed by atoms with Crippen LogP contribution in [0.4, 0.5) is 11.4 Å². The average molecular weight is 771 g/mol. The first-order chi connectivity index (χ1) is 29.3. The van der Waals surface area contributed by atoms with E-state index in [-0.39, 0.29) is 5.91 Å². The molecule has 2 amide bonds. The summed E-state index contributed by atoms with van der Waals surface area (Å²) in [4.78, 5) is 34.8. The van der Waals surface area contributed by atoms with Crippen molar-refractivity contribution >= 4 is 45.0 Å². The Balaban J connectivity index is 1.20. The lowest BCUT2D eigenvalue weighted by molar-refractivity contribution is 0.0926. The average Bonchev–Trinajstić information content (AvgIpc) is 3.75. The van der Waals surface area contributed by atoms with E-state index in [2.05, 4.69) is 57.9 Å². The van der Waals surface area contributed by atoms with Gasteiger partial charge in [-0.15, -0.1) is 0 Å². The fourth-order valence-corrected chi connectivity index (χ4v) is 8.77. The monoisotopic (exact) mass is 770 g/mol.